The first-order valence-corrected chi connectivity index (χ1v) is 6.96. The fourth-order valence-corrected chi connectivity index (χ4v) is 1.85. The summed E-state index contributed by atoms with van der Waals surface area (Å²) < 4.78 is 10.6. The van der Waals surface area contributed by atoms with Crippen molar-refractivity contribution in [1.82, 2.24) is 15.0 Å². The molecule has 0 saturated carbocycles. The van der Waals surface area contributed by atoms with Crippen molar-refractivity contribution in [1.29, 1.82) is 0 Å². The van der Waals surface area contributed by atoms with Gasteiger partial charge in [-0.1, -0.05) is 0 Å². The van der Waals surface area contributed by atoms with Gasteiger partial charge in [0, 0.05) is 37.0 Å². The molecule has 0 bridgehead atoms. The van der Waals surface area contributed by atoms with Gasteiger partial charge in [-0.25, -0.2) is 15.0 Å². The van der Waals surface area contributed by atoms with Crippen molar-refractivity contribution in [2.45, 2.75) is 20.5 Å². The van der Waals surface area contributed by atoms with Gasteiger partial charge in [-0.15, -0.1) is 0 Å². The smallest absolute Gasteiger partial charge is 0.213 e. The molecule has 21 heavy (non-hydrogen) atoms. The fraction of sp³-hybridized carbons (Fsp3) is 0.400. The average molecular weight is 288 g/mol. The van der Waals surface area contributed by atoms with E-state index in [-0.39, 0.29) is 0 Å². The van der Waals surface area contributed by atoms with Crippen LogP contribution in [0.5, 0.6) is 5.88 Å². The zero-order valence-electron chi connectivity index (χ0n) is 12.6. The second-order valence-electron chi connectivity index (χ2n) is 4.31. The maximum Gasteiger partial charge on any atom is 0.213 e. The van der Waals surface area contributed by atoms with E-state index in [0.717, 1.165) is 23.6 Å². The molecular weight excluding hydrogens is 268 g/mol. The summed E-state index contributed by atoms with van der Waals surface area (Å²) in [4.78, 5) is 13.1. The lowest BCUT2D eigenvalue weighted by Crippen LogP contribution is -2.06. The van der Waals surface area contributed by atoms with Crippen molar-refractivity contribution < 1.29 is 9.47 Å². The molecule has 112 valence electrons. The molecular formula is C15H20N4O2. The van der Waals surface area contributed by atoms with Crippen molar-refractivity contribution in [3.8, 4) is 17.1 Å². The van der Waals surface area contributed by atoms with E-state index in [1.807, 2.05) is 32.0 Å². The minimum absolute atomic E-state index is 0.394. The highest BCUT2D eigenvalue weighted by atomic mass is 16.5. The first-order valence-electron chi connectivity index (χ1n) is 6.96. The van der Waals surface area contributed by atoms with Crippen LogP contribution in [0.3, 0.4) is 0 Å². The molecule has 0 saturated heterocycles. The number of rotatable bonds is 7. The van der Waals surface area contributed by atoms with E-state index in [1.54, 1.807) is 13.3 Å². The SMILES string of the molecule is CCNc1cc(-c2ccnc(OC)c2)nc(COCC)n1. The molecule has 2 aromatic heterocycles. The Kier molecular flexibility index (Phi) is 5.45. The largest absolute Gasteiger partial charge is 0.481 e. The topological polar surface area (TPSA) is 69.2 Å². The third-order valence-electron chi connectivity index (χ3n) is 2.81. The van der Waals surface area contributed by atoms with Gasteiger partial charge >= 0.3 is 0 Å². The summed E-state index contributed by atoms with van der Waals surface area (Å²) in [6, 6.07) is 5.65. The second kappa shape index (κ2) is 7.54. The number of hydrogen-bond donors (Lipinski definition) is 1. The van der Waals surface area contributed by atoms with E-state index in [4.69, 9.17) is 9.47 Å². The van der Waals surface area contributed by atoms with Crippen molar-refractivity contribution in [2.24, 2.45) is 0 Å². The maximum absolute atomic E-state index is 5.40. The van der Waals surface area contributed by atoms with Crippen LogP contribution in [0.4, 0.5) is 5.82 Å². The molecule has 1 N–H and O–H groups in total. The Hall–Kier alpha value is -2.21. The third kappa shape index (κ3) is 4.13. The average Bonchev–Trinajstić information content (AvgIpc) is 2.53. The van der Waals surface area contributed by atoms with E-state index in [9.17, 15) is 0 Å². The van der Waals surface area contributed by atoms with Crippen LogP contribution in [0.25, 0.3) is 11.3 Å². The van der Waals surface area contributed by atoms with Crippen LogP contribution in [0, 0.1) is 0 Å². The Balaban J connectivity index is 2.37. The fourth-order valence-electron chi connectivity index (χ4n) is 1.85. The van der Waals surface area contributed by atoms with Crippen molar-refractivity contribution in [3.63, 3.8) is 0 Å². The molecule has 0 atom stereocenters. The predicted molar refractivity (Wildman–Crippen MR) is 81.3 cm³/mol. The van der Waals surface area contributed by atoms with Crippen LogP contribution in [0.2, 0.25) is 0 Å². The minimum atomic E-state index is 0.394. The molecule has 0 aliphatic carbocycles. The molecule has 0 fully saturated rings. The zero-order chi connectivity index (χ0) is 15.1. The van der Waals surface area contributed by atoms with Gasteiger partial charge in [-0.05, 0) is 19.9 Å². The predicted octanol–water partition coefficient (Wildman–Crippen LogP) is 2.52. The normalized spacial score (nSPS) is 10.4. The quantitative estimate of drug-likeness (QED) is 0.844. The standard InChI is InChI=1S/C15H20N4O2/c1-4-16-13-9-12(18-14(19-13)10-21-5-2)11-6-7-17-15(8-11)20-3/h6-9H,4-5,10H2,1-3H3,(H,16,18,19). The zero-order valence-corrected chi connectivity index (χ0v) is 12.6. The minimum Gasteiger partial charge on any atom is -0.481 e. The lowest BCUT2D eigenvalue weighted by atomic mass is 10.2. The molecule has 0 amide bonds. The molecule has 6 heteroatoms. The van der Waals surface area contributed by atoms with Crippen LogP contribution in [-0.4, -0.2) is 35.2 Å². The summed E-state index contributed by atoms with van der Waals surface area (Å²) in [6.07, 6.45) is 1.70. The first-order chi connectivity index (χ1) is 10.3. The summed E-state index contributed by atoms with van der Waals surface area (Å²) in [7, 11) is 1.59. The molecule has 2 rings (SSSR count). The van der Waals surface area contributed by atoms with Crippen molar-refractivity contribution in [3.05, 3.63) is 30.2 Å². The number of aromatic nitrogens is 3. The van der Waals surface area contributed by atoms with Gasteiger partial charge in [0.15, 0.2) is 5.82 Å². The highest BCUT2D eigenvalue weighted by Gasteiger charge is 2.08. The molecule has 0 radical (unpaired) electrons. The number of anilines is 1. The summed E-state index contributed by atoms with van der Waals surface area (Å²) >= 11 is 0. The van der Waals surface area contributed by atoms with Crippen LogP contribution < -0.4 is 10.1 Å². The highest BCUT2D eigenvalue weighted by Crippen LogP contribution is 2.22. The van der Waals surface area contributed by atoms with Gasteiger partial charge in [0.25, 0.3) is 0 Å². The molecule has 0 aromatic carbocycles. The number of hydrogen-bond acceptors (Lipinski definition) is 6. The Bertz CT molecular complexity index is 590. The monoisotopic (exact) mass is 288 g/mol. The molecule has 2 aromatic rings. The van der Waals surface area contributed by atoms with Gasteiger partial charge in [-0.3, -0.25) is 0 Å². The highest BCUT2D eigenvalue weighted by molar-refractivity contribution is 5.63. The Labute approximate surface area is 124 Å². The number of nitrogens with zero attached hydrogens (tertiary/aromatic N) is 3. The van der Waals surface area contributed by atoms with Gasteiger partial charge in [-0.2, -0.15) is 0 Å². The summed E-state index contributed by atoms with van der Waals surface area (Å²) in [5.74, 6) is 2.00. The lowest BCUT2D eigenvalue weighted by Gasteiger charge is -2.09. The van der Waals surface area contributed by atoms with Crippen molar-refractivity contribution in [2.75, 3.05) is 25.6 Å². The van der Waals surface area contributed by atoms with Crippen LogP contribution in [-0.2, 0) is 11.3 Å². The number of nitrogens with one attached hydrogen (secondary N) is 1. The van der Waals surface area contributed by atoms with Gasteiger partial charge in [0.1, 0.15) is 12.4 Å². The van der Waals surface area contributed by atoms with Crippen LogP contribution in [0.1, 0.15) is 19.7 Å². The van der Waals surface area contributed by atoms with E-state index in [2.05, 4.69) is 20.3 Å². The van der Waals surface area contributed by atoms with E-state index < -0.39 is 0 Å². The Morgan fingerprint density at radius 2 is 2.05 bits per heavy atom. The lowest BCUT2D eigenvalue weighted by molar-refractivity contribution is 0.128. The van der Waals surface area contributed by atoms with Gasteiger partial charge < -0.3 is 14.8 Å². The van der Waals surface area contributed by atoms with Crippen LogP contribution >= 0.6 is 0 Å². The molecule has 0 aliphatic rings. The molecule has 0 aliphatic heterocycles. The number of pyridine rings is 1. The summed E-state index contributed by atoms with van der Waals surface area (Å²) in [6.45, 7) is 5.80. The molecule has 2 heterocycles. The summed E-state index contributed by atoms with van der Waals surface area (Å²) in [5, 5.41) is 3.21. The molecule has 0 spiro atoms. The van der Waals surface area contributed by atoms with Gasteiger partial charge in [0.2, 0.25) is 5.88 Å². The Morgan fingerprint density at radius 3 is 2.76 bits per heavy atom. The van der Waals surface area contributed by atoms with E-state index in [0.29, 0.717) is 24.9 Å². The maximum atomic E-state index is 5.40. The Morgan fingerprint density at radius 1 is 1.19 bits per heavy atom. The van der Waals surface area contributed by atoms with E-state index >= 15 is 0 Å². The van der Waals surface area contributed by atoms with Crippen molar-refractivity contribution >= 4 is 5.82 Å². The van der Waals surface area contributed by atoms with E-state index in [1.165, 1.54) is 0 Å². The third-order valence-corrected chi connectivity index (χ3v) is 2.81. The number of methoxy groups -OCH3 is 1. The molecule has 0 unspecified atom stereocenters. The van der Waals surface area contributed by atoms with Crippen LogP contribution in [0.15, 0.2) is 24.4 Å². The number of ether oxygens (including phenoxy) is 2. The summed E-state index contributed by atoms with van der Waals surface area (Å²) in [5.41, 5.74) is 1.75. The molecule has 6 nitrogen and oxygen atoms in total. The first kappa shape index (κ1) is 15.2. The van der Waals surface area contributed by atoms with Gasteiger partial charge in [0.05, 0.1) is 12.8 Å². The second-order valence-corrected chi connectivity index (χ2v) is 4.31.